The van der Waals surface area contributed by atoms with Gasteiger partial charge in [0.25, 0.3) is 0 Å². The van der Waals surface area contributed by atoms with E-state index in [-0.39, 0.29) is 0 Å². The highest BCUT2D eigenvalue weighted by Crippen LogP contribution is 2.02. The molecule has 0 bridgehead atoms. The van der Waals surface area contributed by atoms with Crippen molar-refractivity contribution in [2.45, 2.75) is 26.7 Å². The third kappa shape index (κ3) is 1.32. The van der Waals surface area contributed by atoms with E-state index in [9.17, 15) is 0 Å². The predicted molar refractivity (Wildman–Crippen MR) is 39.6 cm³/mol. The highest BCUT2D eigenvalue weighted by atomic mass is 14.8. The summed E-state index contributed by atoms with van der Waals surface area (Å²) in [5, 5.41) is 0. The Labute approximate surface area is 61.3 Å². The van der Waals surface area contributed by atoms with Crippen LogP contribution in [-0.4, -0.2) is 9.97 Å². The van der Waals surface area contributed by atoms with Crippen molar-refractivity contribution in [3.63, 3.8) is 0 Å². The van der Waals surface area contributed by atoms with E-state index in [0.717, 1.165) is 24.1 Å². The summed E-state index contributed by atoms with van der Waals surface area (Å²) in [7, 11) is 0. The lowest BCUT2D eigenvalue weighted by atomic mass is 10.1. The average Bonchev–Trinajstić information content (AvgIpc) is 2.04. The van der Waals surface area contributed by atoms with Crippen molar-refractivity contribution in [2.75, 3.05) is 0 Å². The fourth-order valence-electron chi connectivity index (χ4n) is 0.936. The number of aromatic nitrogens is 2. The largest absolute Gasteiger partial charge is 0.241 e. The Bertz CT molecular complexity index is 185. The summed E-state index contributed by atoms with van der Waals surface area (Å²) in [6, 6.07) is 0. The first-order chi connectivity index (χ1) is 4.88. The van der Waals surface area contributed by atoms with Crippen molar-refractivity contribution >= 4 is 0 Å². The molecular weight excluding hydrogens is 124 g/mol. The van der Waals surface area contributed by atoms with Crippen molar-refractivity contribution in [1.82, 2.24) is 9.97 Å². The lowest BCUT2D eigenvalue weighted by Gasteiger charge is -1.99. The molecule has 1 radical (unpaired) electrons. The predicted octanol–water partition coefficient (Wildman–Crippen LogP) is 1.40. The smallest absolute Gasteiger partial charge is 0.116 e. The van der Waals surface area contributed by atoms with Gasteiger partial charge >= 0.3 is 0 Å². The molecule has 0 amide bonds. The second-order valence-corrected chi connectivity index (χ2v) is 2.12. The standard InChI is InChI=1S/C8H11N2/c1-3-7-5-9-6-10-8(7)4-2/h6H,3-4H2,1-2H3. The summed E-state index contributed by atoms with van der Waals surface area (Å²) < 4.78 is 0. The van der Waals surface area contributed by atoms with Gasteiger partial charge in [-0.15, -0.1) is 0 Å². The van der Waals surface area contributed by atoms with Crippen LogP contribution in [0.25, 0.3) is 0 Å². The maximum absolute atomic E-state index is 4.13. The molecule has 2 heteroatoms. The highest BCUT2D eigenvalue weighted by Gasteiger charge is 1.97. The minimum atomic E-state index is 0.974. The van der Waals surface area contributed by atoms with Crippen LogP contribution in [0.15, 0.2) is 6.33 Å². The summed E-state index contributed by atoms with van der Waals surface area (Å²) in [5.41, 5.74) is 2.27. The summed E-state index contributed by atoms with van der Waals surface area (Å²) in [4.78, 5) is 7.95. The normalized spacial score (nSPS) is 9.80. The van der Waals surface area contributed by atoms with Crippen LogP contribution in [0.4, 0.5) is 0 Å². The van der Waals surface area contributed by atoms with Crippen molar-refractivity contribution in [1.29, 1.82) is 0 Å². The first-order valence-electron chi connectivity index (χ1n) is 3.58. The Balaban J connectivity index is 2.96. The van der Waals surface area contributed by atoms with Gasteiger partial charge in [0.05, 0.1) is 6.20 Å². The molecule has 1 heterocycles. The van der Waals surface area contributed by atoms with Crippen LogP contribution in [0.3, 0.4) is 0 Å². The second-order valence-electron chi connectivity index (χ2n) is 2.12. The molecule has 53 valence electrons. The summed E-state index contributed by atoms with van der Waals surface area (Å²) in [6.07, 6.45) is 6.43. The van der Waals surface area contributed by atoms with E-state index < -0.39 is 0 Å². The van der Waals surface area contributed by atoms with Gasteiger partial charge in [0.1, 0.15) is 6.33 Å². The van der Waals surface area contributed by atoms with E-state index in [1.165, 1.54) is 0 Å². The molecule has 0 aliphatic carbocycles. The van der Waals surface area contributed by atoms with Gasteiger partial charge in [-0.05, 0) is 12.8 Å². The molecule has 0 saturated carbocycles. The topological polar surface area (TPSA) is 25.8 Å². The third-order valence-electron chi connectivity index (χ3n) is 1.51. The van der Waals surface area contributed by atoms with Crippen LogP contribution in [0, 0.1) is 6.20 Å². The van der Waals surface area contributed by atoms with Gasteiger partial charge in [-0.25, -0.2) is 9.97 Å². The Hall–Kier alpha value is -0.920. The monoisotopic (exact) mass is 135 g/mol. The van der Waals surface area contributed by atoms with Crippen LogP contribution >= 0.6 is 0 Å². The zero-order valence-electron chi connectivity index (χ0n) is 6.39. The van der Waals surface area contributed by atoms with Crippen LogP contribution in [-0.2, 0) is 12.8 Å². The average molecular weight is 135 g/mol. The van der Waals surface area contributed by atoms with E-state index in [0.29, 0.717) is 0 Å². The summed E-state index contributed by atoms with van der Waals surface area (Å²) >= 11 is 0. The molecule has 0 atom stereocenters. The fraction of sp³-hybridized carbons (Fsp3) is 0.500. The van der Waals surface area contributed by atoms with Gasteiger partial charge in [0.2, 0.25) is 0 Å². The maximum atomic E-state index is 4.13. The molecule has 0 aliphatic heterocycles. The number of aryl methyl sites for hydroxylation is 2. The minimum Gasteiger partial charge on any atom is -0.241 e. The van der Waals surface area contributed by atoms with Crippen molar-refractivity contribution in [2.24, 2.45) is 0 Å². The van der Waals surface area contributed by atoms with Gasteiger partial charge in [-0.1, -0.05) is 13.8 Å². The van der Waals surface area contributed by atoms with Crippen molar-refractivity contribution in [3.8, 4) is 0 Å². The Morgan fingerprint density at radius 1 is 1.40 bits per heavy atom. The molecule has 0 unspecified atom stereocenters. The summed E-state index contributed by atoms with van der Waals surface area (Å²) in [6.45, 7) is 4.18. The molecular formula is C8H11N2. The van der Waals surface area contributed by atoms with E-state index >= 15 is 0 Å². The lowest BCUT2D eigenvalue weighted by Crippen LogP contribution is -1.95. The first-order valence-corrected chi connectivity index (χ1v) is 3.58. The van der Waals surface area contributed by atoms with Crippen molar-refractivity contribution < 1.29 is 0 Å². The quantitative estimate of drug-likeness (QED) is 0.612. The van der Waals surface area contributed by atoms with Gasteiger partial charge in [-0.3, -0.25) is 0 Å². The molecule has 0 saturated heterocycles. The van der Waals surface area contributed by atoms with Crippen LogP contribution in [0.1, 0.15) is 25.1 Å². The Morgan fingerprint density at radius 3 is 2.70 bits per heavy atom. The Morgan fingerprint density at radius 2 is 2.20 bits per heavy atom. The van der Waals surface area contributed by atoms with Gasteiger partial charge in [-0.2, -0.15) is 0 Å². The molecule has 1 aromatic heterocycles. The number of rotatable bonds is 2. The first kappa shape index (κ1) is 7.19. The maximum Gasteiger partial charge on any atom is 0.116 e. The fourth-order valence-corrected chi connectivity index (χ4v) is 0.936. The highest BCUT2D eigenvalue weighted by molar-refractivity contribution is 5.13. The zero-order valence-corrected chi connectivity index (χ0v) is 6.39. The molecule has 10 heavy (non-hydrogen) atoms. The molecule has 1 aromatic rings. The van der Waals surface area contributed by atoms with E-state index in [1.54, 1.807) is 6.33 Å². The number of hydrogen-bond acceptors (Lipinski definition) is 2. The SMILES string of the molecule is CCc1[c]ncnc1CC. The molecule has 0 aromatic carbocycles. The molecule has 0 fully saturated rings. The minimum absolute atomic E-state index is 0.974. The zero-order chi connectivity index (χ0) is 7.40. The molecule has 0 spiro atoms. The molecule has 2 nitrogen and oxygen atoms in total. The van der Waals surface area contributed by atoms with Crippen molar-refractivity contribution in [3.05, 3.63) is 23.8 Å². The van der Waals surface area contributed by atoms with Crippen LogP contribution in [0.2, 0.25) is 0 Å². The van der Waals surface area contributed by atoms with Gasteiger partial charge < -0.3 is 0 Å². The number of hydrogen-bond donors (Lipinski definition) is 0. The molecule has 1 rings (SSSR count). The van der Waals surface area contributed by atoms with E-state index in [1.807, 2.05) is 0 Å². The molecule has 0 aliphatic rings. The lowest BCUT2D eigenvalue weighted by molar-refractivity contribution is 0.925. The van der Waals surface area contributed by atoms with E-state index in [4.69, 9.17) is 0 Å². The third-order valence-corrected chi connectivity index (χ3v) is 1.51. The van der Waals surface area contributed by atoms with Crippen LogP contribution < -0.4 is 0 Å². The Kier molecular flexibility index (Phi) is 2.37. The summed E-state index contributed by atoms with van der Waals surface area (Å²) in [5.74, 6) is 0. The van der Waals surface area contributed by atoms with Crippen LogP contribution in [0.5, 0.6) is 0 Å². The number of nitrogens with zero attached hydrogens (tertiary/aromatic N) is 2. The van der Waals surface area contributed by atoms with Gasteiger partial charge in [0.15, 0.2) is 0 Å². The second kappa shape index (κ2) is 3.30. The molecule has 0 N–H and O–H groups in total. The van der Waals surface area contributed by atoms with Gasteiger partial charge in [0, 0.05) is 11.3 Å². The van der Waals surface area contributed by atoms with E-state index in [2.05, 4.69) is 30.0 Å².